The number of halogens is 6. The maximum absolute atomic E-state index is 13.0. The maximum atomic E-state index is 13.0. The predicted octanol–water partition coefficient (Wildman–Crippen LogP) is 6.08. The molecule has 0 bridgehead atoms. The second-order valence-corrected chi connectivity index (χ2v) is 7.11. The maximum Gasteiger partial charge on any atom is 0.416 e. The zero-order valence-corrected chi connectivity index (χ0v) is 15.2. The summed E-state index contributed by atoms with van der Waals surface area (Å²) in [5.41, 5.74) is -2.61. The molecule has 0 fully saturated rings. The number of rotatable bonds is 4. The summed E-state index contributed by atoms with van der Waals surface area (Å²) in [5.74, 6) is 0.893. The van der Waals surface area contributed by atoms with E-state index in [1.807, 2.05) is 19.1 Å². The number of alkyl halides is 6. The summed E-state index contributed by atoms with van der Waals surface area (Å²) in [5, 5.41) is 7.56. The lowest BCUT2D eigenvalue weighted by molar-refractivity contribution is -0.143. The third-order valence-electron chi connectivity index (χ3n) is 3.79. The predicted molar refractivity (Wildman–Crippen MR) is 93.2 cm³/mol. The molecular formula is C18H13F6N3S. The molecule has 0 spiro atoms. The first-order valence-corrected chi connectivity index (χ1v) is 9.02. The van der Waals surface area contributed by atoms with Crippen molar-refractivity contribution < 1.29 is 26.3 Å². The van der Waals surface area contributed by atoms with E-state index in [1.165, 1.54) is 10.9 Å². The first-order valence-electron chi connectivity index (χ1n) is 8.03. The van der Waals surface area contributed by atoms with E-state index < -0.39 is 23.5 Å². The largest absolute Gasteiger partial charge is 0.416 e. The minimum Gasteiger partial charge on any atom is -0.220 e. The topological polar surface area (TPSA) is 30.7 Å². The van der Waals surface area contributed by atoms with Gasteiger partial charge in [-0.3, -0.25) is 0 Å². The molecule has 0 saturated heterocycles. The van der Waals surface area contributed by atoms with Crippen molar-refractivity contribution in [1.82, 2.24) is 15.0 Å². The van der Waals surface area contributed by atoms with E-state index in [0.29, 0.717) is 17.8 Å². The smallest absolute Gasteiger partial charge is 0.220 e. The first-order chi connectivity index (χ1) is 13.1. The lowest BCUT2D eigenvalue weighted by Crippen LogP contribution is -2.11. The molecule has 2 aromatic carbocycles. The normalized spacial score (nSPS) is 12.4. The molecule has 0 aliphatic carbocycles. The van der Waals surface area contributed by atoms with Crippen molar-refractivity contribution in [3.63, 3.8) is 0 Å². The molecule has 0 amide bonds. The Kier molecular flexibility index (Phi) is 5.42. The fraction of sp³-hybridized carbons (Fsp3) is 0.222. The SMILES string of the molecule is CCSc1ccc(-n2cc(-c3cc(C(F)(F)F)cc(C(F)(F)F)c3)nn2)cc1. The summed E-state index contributed by atoms with van der Waals surface area (Å²) in [6, 6.07) is 8.51. The average Bonchev–Trinajstić information content (AvgIpc) is 3.11. The second-order valence-electron chi connectivity index (χ2n) is 5.77. The molecule has 0 atom stereocenters. The van der Waals surface area contributed by atoms with Gasteiger partial charge in [0.05, 0.1) is 23.0 Å². The molecule has 0 saturated carbocycles. The van der Waals surface area contributed by atoms with Crippen LogP contribution in [-0.2, 0) is 12.4 Å². The molecule has 1 aromatic heterocycles. The van der Waals surface area contributed by atoms with E-state index in [-0.39, 0.29) is 17.3 Å². The highest BCUT2D eigenvalue weighted by molar-refractivity contribution is 7.99. The van der Waals surface area contributed by atoms with Crippen LogP contribution in [0.15, 0.2) is 53.6 Å². The Morgan fingerprint density at radius 2 is 1.46 bits per heavy atom. The van der Waals surface area contributed by atoms with Crippen LogP contribution in [0.5, 0.6) is 0 Å². The van der Waals surface area contributed by atoms with Crippen molar-refractivity contribution in [3.8, 4) is 16.9 Å². The summed E-state index contributed by atoms with van der Waals surface area (Å²) < 4.78 is 79.4. The number of thioether (sulfide) groups is 1. The van der Waals surface area contributed by atoms with Crippen molar-refractivity contribution in [2.24, 2.45) is 0 Å². The van der Waals surface area contributed by atoms with E-state index in [1.54, 1.807) is 23.9 Å². The zero-order valence-electron chi connectivity index (χ0n) is 14.3. The zero-order chi connectivity index (χ0) is 20.5. The highest BCUT2D eigenvalue weighted by Crippen LogP contribution is 2.38. The highest BCUT2D eigenvalue weighted by Gasteiger charge is 2.37. The van der Waals surface area contributed by atoms with Gasteiger partial charge in [0, 0.05) is 10.5 Å². The first kappa shape index (κ1) is 20.2. The number of benzene rings is 2. The molecule has 0 aliphatic heterocycles. The highest BCUT2D eigenvalue weighted by atomic mass is 32.2. The van der Waals surface area contributed by atoms with E-state index >= 15 is 0 Å². The molecule has 3 aromatic rings. The minimum atomic E-state index is -4.92. The van der Waals surface area contributed by atoms with E-state index in [9.17, 15) is 26.3 Å². The van der Waals surface area contributed by atoms with Crippen molar-refractivity contribution in [1.29, 1.82) is 0 Å². The van der Waals surface area contributed by atoms with Crippen LogP contribution < -0.4 is 0 Å². The molecule has 0 aliphatic rings. The van der Waals surface area contributed by atoms with E-state index in [2.05, 4.69) is 10.3 Å². The van der Waals surface area contributed by atoms with Crippen LogP contribution in [0.3, 0.4) is 0 Å². The molecule has 28 heavy (non-hydrogen) atoms. The van der Waals surface area contributed by atoms with Crippen molar-refractivity contribution >= 4 is 11.8 Å². The Balaban J connectivity index is 2.00. The Labute approximate surface area is 160 Å². The standard InChI is InChI=1S/C18H13F6N3S/c1-2-28-15-5-3-14(4-6-15)27-10-16(25-26-27)11-7-12(17(19,20)21)9-13(8-11)18(22,23)24/h3-10H,2H2,1H3. The summed E-state index contributed by atoms with van der Waals surface area (Å²) >= 11 is 1.63. The second kappa shape index (κ2) is 7.50. The minimum absolute atomic E-state index is 0.0814. The summed E-state index contributed by atoms with van der Waals surface area (Å²) in [6.45, 7) is 2.01. The van der Waals surface area contributed by atoms with Gasteiger partial charge in [0.15, 0.2) is 0 Å². The molecule has 3 nitrogen and oxygen atoms in total. The third kappa shape index (κ3) is 4.49. The van der Waals surface area contributed by atoms with Crippen LogP contribution in [0.1, 0.15) is 18.1 Å². The van der Waals surface area contributed by atoms with Crippen molar-refractivity contribution in [2.45, 2.75) is 24.2 Å². The van der Waals surface area contributed by atoms with Crippen LogP contribution >= 0.6 is 11.8 Å². The number of nitrogens with zero attached hydrogens (tertiary/aromatic N) is 3. The molecule has 3 rings (SSSR count). The fourth-order valence-electron chi connectivity index (χ4n) is 2.49. The fourth-order valence-corrected chi connectivity index (χ4v) is 3.15. The monoisotopic (exact) mass is 417 g/mol. The van der Waals surface area contributed by atoms with Gasteiger partial charge in [-0.2, -0.15) is 26.3 Å². The summed E-state index contributed by atoms with van der Waals surface area (Å²) in [4.78, 5) is 1.03. The molecule has 0 unspecified atom stereocenters. The quantitative estimate of drug-likeness (QED) is 0.381. The van der Waals surface area contributed by atoms with E-state index in [4.69, 9.17) is 0 Å². The number of hydrogen-bond donors (Lipinski definition) is 0. The molecule has 10 heteroatoms. The third-order valence-corrected chi connectivity index (χ3v) is 4.68. The number of aromatic nitrogens is 3. The van der Waals surface area contributed by atoms with Gasteiger partial charge in [-0.1, -0.05) is 12.1 Å². The Bertz CT molecular complexity index is 928. The van der Waals surface area contributed by atoms with Gasteiger partial charge in [0.1, 0.15) is 5.69 Å². The van der Waals surface area contributed by atoms with Crippen molar-refractivity contribution in [3.05, 3.63) is 59.8 Å². The van der Waals surface area contributed by atoms with Gasteiger partial charge >= 0.3 is 12.4 Å². The van der Waals surface area contributed by atoms with Gasteiger partial charge in [0.25, 0.3) is 0 Å². The Morgan fingerprint density at radius 1 is 0.893 bits per heavy atom. The van der Waals surface area contributed by atoms with Gasteiger partial charge in [-0.05, 0) is 48.2 Å². The van der Waals surface area contributed by atoms with Gasteiger partial charge < -0.3 is 0 Å². The Hall–Kier alpha value is -2.49. The molecule has 148 valence electrons. The van der Waals surface area contributed by atoms with Crippen LogP contribution in [-0.4, -0.2) is 20.7 Å². The van der Waals surface area contributed by atoms with Crippen molar-refractivity contribution in [2.75, 3.05) is 5.75 Å². The Morgan fingerprint density at radius 3 is 1.96 bits per heavy atom. The lowest BCUT2D eigenvalue weighted by Gasteiger charge is -2.13. The van der Waals surface area contributed by atoms with Gasteiger partial charge in [-0.15, -0.1) is 16.9 Å². The molecule has 0 radical (unpaired) electrons. The lowest BCUT2D eigenvalue weighted by atomic mass is 10.0. The van der Waals surface area contributed by atoms with Crippen LogP contribution in [0.25, 0.3) is 16.9 Å². The number of hydrogen-bond acceptors (Lipinski definition) is 3. The summed E-state index contributed by atoms with van der Waals surface area (Å²) in [6.07, 6.45) is -8.55. The molecular weight excluding hydrogens is 404 g/mol. The van der Waals surface area contributed by atoms with Gasteiger partial charge in [-0.25, -0.2) is 4.68 Å². The van der Waals surface area contributed by atoms with Crippen LogP contribution in [0.2, 0.25) is 0 Å². The molecule has 0 N–H and O–H groups in total. The summed E-state index contributed by atoms with van der Waals surface area (Å²) in [7, 11) is 0. The molecule has 1 heterocycles. The van der Waals surface area contributed by atoms with Crippen LogP contribution in [0.4, 0.5) is 26.3 Å². The van der Waals surface area contributed by atoms with Gasteiger partial charge in [0.2, 0.25) is 0 Å². The average molecular weight is 417 g/mol. The van der Waals surface area contributed by atoms with Crippen LogP contribution in [0, 0.1) is 0 Å². The van der Waals surface area contributed by atoms with E-state index in [0.717, 1.165) is 10.6 Å².